The molecule has 23 heteroatoms. The molecule has 0 spiro atoms. The summed E-state index contributed by atoms with van der Waals surface area (Å²) in [6.45, 7) is 13.5. The van der Waals surface area contributed by atoms with Gasteiger partial charge in [-0.3, -0.25) is 9.59 Å². The molecule has 456 valence electrons. The van der Waals surface area contributed by atoms with Crippen molar-refractivity contribution in [3.8, 4) is 11.1 Å². The summed E-state index contributed by atoms with van der Waals surface area (Å²) in [6.07, 6.45) is 8.11. The Bertz CT molecular complexity index is 1920. The minimum Gasteiger partial charge on any atom is -0.377 e. The van der Waals surface area contributed by atoms with E-state index < -0.39 is 0 Å². The molecule has 2 aromatic rings. The zero-order chi connectivity index (χ0) is 54.3. The summed E-state index contributed by atoms with van der Waals surface area (Å²) in [6, 6.07) is 19.2. The van der Waals surface area contributed by atoms with Crippen molar-refractivity contribution >= 4 is 54.4 Å². The minimum atomic E-state index is -0.0630. The molecule has 20 nitrogen and oxygen atoms in total. The first-order chi connectivity index (χ1) is 38.5. The van der Waals surface area contributed by atoms with Gasteiger partial charge < -0.3 is 84.0 Å². The number of carbonyl (C=O) groups is 3. The number of benzene rings is 2. The van der Waals surface area contributed by atoms with E-state index in [-0.39, 0.29) is 54.7 Å². The Kier molecular flexibility index (Phi) is 38.7. The highest BCUT2D eigenvalue weighted by molar-refractivity contribution is 8.00. The molecule has 0 radical (unpaired) electrons. The van der Waals surface area contributed by atoms with E-state index in [9.17, 15) is 14.4 Å². The van der Waals surface area contributed by atoms with Crippen LogP contribution in [0.1, 0.15) is 68.4 Å². The molecule has 80 heavy (non-hydrogen) atoms. The van der Waals surface area contributed by atoms with Gasteiger partial charge in [-0.25, -0.2) is 4.79 Å². The maximum absolute atomic E-state index is 12.5. The Hall–Kier alpha value is -2.94. The second-order valence-electron chi connectivity index (χ2n) is 19.8. The van der Waals surface area contributed by atoms with Gasteiger partial charge in [0.25, 0.3) is 0 Å². The van der Waals surface area contributed by atoms with Gasteiger partial charge in [-0.2, -0.15) is 11.8 Å². The van der Waals surface area contributed by atoms with Crippen molar-refractivity contribution < 1.29 is 66.5 Å². The minimum absolute atomic E-state index is 0. The number of carbonyl (C=O) groups excluding carboxylic acids is 3. The van der Waals surface area contributed by atoms with Crippen LogP contribution in [-0.4, -0.2) is 225 Å². The zero-order valence-corrected chi connectivity index (χ0v) is 49.4. The summed E-state index contributed by atoms with van der Waals surface area (Å²) in [5, 5.41) is 19.6. The van der Waals surface area contributed by atoms with E-state index in [1.807, 2.05) is 11.8 Å². The van der Waals surface area contributed by atoms with Crippen LogP contribution in [0.25, 0.3) is 11.1 Å². The predicted octanol–water partition coefficient (Wildman–Crippen LogP) is 4.47. The molecule has 4 fully saturated rings. The van der Waals surface area contributed by atoms with Crippen molar-refractivity contribution in [2.45, 2.75) is 93.1 Å². The van der Waals surface area contributed by atoms with Gasteiger partial charge in [0.1, 0.15) is 0 Å². The van der Waals surface area contributed by atoms with Crippen LogP contribution in [0.3, 0.4) is 0 Å². The van der Waals surface area contributed by atoms with E-state index in [2.05, 4.69) is 80.4 Å². The number of thioether (sulfide) groups is 1. The van der Waals surface area contributed by atoms with Crippen LogP contribution in [-0.2, 0) is 68.1 Å². The van der Waals surface area contributed by atoms with Crippen LogP contribution in [0.4, 0.5) is 4.79 Å². The van der Waals surface area contributed by atoms with E-state index in [1.54, 1.807) is 0 Å². The van der Waals surface area contributed by atoms with E-state index in [0.717, 1.165) is 43.7 Å². The van der Waals surface area contributed by atoms with Crippen molar-refractivity contribution in [1.82, 2.24) is 31.9 Å². The molecule has 0 bridgehead atoms. The SMILES string of the molecule is Cl.Cl.O=C(CCCC[C@@H]1SC[C@@H]2NC(=O)N[C@@H]21)NCCOCCOCCOCCOCCOCCOCCOCCOCCOCCOCCOCCNC(=O)CCc1cccc(-c2ccc([C@@H]3C[C@H]3NC3CCNCC3)cc2)c1. The molecule has 4 amide bonds. The van der Waals surface area contributed by atoms with Crippen LogP contribution in [0.2, 0.25) is 0 Å². The number of ether oxygens (including phenoxy) is 11. The molecule has 4 aliphatic rings. The molecular formula is C57H94Cl2N6O14S. The van der Waals surface area contributed by atoms with Gasteiger partial charge in [-0.1, -0.05) is 55.0 Å². The molecule has 1 aliphatic carbocycles. The molecule has 2 aromatic carbocycles. The van der Waals surface area contributed by atoms with Crippen molar-refractivity contribution in [1.29, 1.82) is 0 Å². The van der Waals surface area contributed by atoms with E-state index in [4.69, 9.17) is 52.1 Å². The second-order valence-corrected chi connectivity index (χ2v) is 21.0. The number of aryl methyl sites for hydroxylation is 1. The largest absolute Gasteiger partial charge is 0.377 e. The van der Waals surface area contributed by atoms with Crippen molar-refractivity contribution in [3.05, 3.63) is 59.7 Å². The third-order valence-corrected chi connectivity index (χ3v) is 15.3. The summed E-state index contributed by atoms with van der Waals surface area (Å²) in [5.74, 6) is 1.64. The number of fused-ring (bicyclic) bond motifs is 1. The standard InChI is InChI=1S/C57H92N6O14S.2ClH/c64-54(7-2-1-6-53-56-52(44-78-53)62-57(66)63-56)59-18-20-67-22-24-69-26-28-71-30-32-73-34-36-75-38-40-77-41-39-76-37-35-74-33-31-72-29-27-70-25-23-68-21-19-60-55(65)13-8-45-4-3-5-48(42-45)46-9-11-47(12-10-46)50-43-51(50)61-49-14-16-58-17-15-49;;/h3-5,9-12,42,49-53,56,58,61H,1-2,6-8,13-41,43-44H2,(H,59,64)(H,60,65)(H2,62,63,66);2*1H/t50-,51+,52-,53-,56-;;/m0../s1. The summed E-state index contributed by atoms with van der Waals surface area (Å²) < 4.78 is 61.0. The summed E-state index contributed by atoms with van der Waals surface area (Å²) in [5.41, 5.74) is 4.96. The molecule has 1 saturated carbocycles. The van der Waals surface area contributed by atoms with Gasteiger partial charge in [0.2, 0.25) is 11.8 Å². The highest BCUT2D eigenvalue weighted by Crippen LogP contribution is 2.42. The van der Waals surface area contributed by atoms with Crippen LogP contribution in [0.15, 0.2) is 48.5 Å². The molecular weight excluding hydrogens is 1100 g/mol. The number of rotatable bonds is 48. The summed E-state index contributed by atoms with van der Waals surface area (Å²) >= 11 is 1.90. The van der Waals surface area contributed by atoms with Gasteiger partial charge in [-0.15, -0.1) is 24.8 Å². The summed E-state index contributed by atoms with van der Waals surface area (Å²) in [4.78, 5) is 36.1. The lowest BCUT2D eigenvalue weighted by atomic mass is 9.99. The molecule has 0 aromatic heterocycles. The topological polar surface area (TPSA) is 225 Å². The molecule has 0 unspecified atom stereocenters. The van der Waals surface area contributed by atoms with Crippen molar-refractivity contribution in [3.63, 3.8) is 0 Å². The van der Waals surface area contributed by atoms with E-state index in [0.29, 0.717) is 201 Å². The molecule has 3 aliphatic heterocycles. The van der Waals surface area contributed by atoms with Gasteiger partial charge in [0.15, 0.2) is 0 Å². The number of halogens is 2. The first-order valence-corrected chi connectivity index (χ1v) is 29.8. The Morgan fingerprint density at radius 3 is 1.52 bits per heavy atom. The lowest BCUT2D eigenvalue weighted by Gasteiger charge is -2.24. The quantitative estimate of drug-likeness (QED) is 0.0397. The monoisotopic (exact) mass is 1190 g/mol. The first kappa shape index (κ1) is 69.6. The fourth-order valence-electron chi connectivity index (χ4n) is 9.40. The number of hydrogen-bond donors (Lipinski definition) is 6. The number of nitrogens with one attached hydrogen (secondary N) is 6. The van der Waals surface area contributed by atoms with Gasteiger partial charge >= 0.3 is 6.03 Å². The predicted molar refractivity (Wildman–Crippen MR) is 314 cm³/mol. The Morgan fingerprint density at radius 1 is 0.550 bits per heavy atom. The fourth-order valence-corrected chi connectivity index (χ4v) is 10.9. The fraction of sp³-hybridized carbons (Fsp3) is 0.737. The lowest BCUT2D eigenvalue weighted by Crippen LogP contribution is -2.41. The highest BCUT2D eigenvalue weighted by atomic mass is 35.5. The van der Waals surface area contributed by atoms with Crippen LogP contribution < -0.4 is 31.9 Å². The Labute approximate surface area is 491 Å². The smallest absolute Gasteiger partial charge is 0.315 e. The van der Waals surface area contributed by atoms with Crippen LogP contribution in [0, 0.1) is 0 Å². The lowest BCUT2D eigenvalue weighted by molar-refractivity contribution is -0.122. The third-order valence-electron chi connectivity index (χ3n) is 13.8. The zero-order valence-electron chi connectivity index (χ0n) is 47.0. The molecule has 5 atom stereocenters. The molecule has 6 N–H and O–H groups in total. The van der Waals surface area contributed by atoms with Gasteiger partial charge in [0, 0.05) is 54.9 Å². The molecule has 3 saturated heterocycles. The first-order valence-electron chi connectivity index (χ1n) is 28.7. The number of piperidine rings is 1. The van der Waals surface area contributed by atoms with Gasteiger partial charge in [0.05, 0.1) is 157 Å². The van der Waals surface area contributed by atoms with Crippen LogP contribution >= 0.6 is 36.6 Å². The number of hydrogen-bond acceptors (Lipinski definition) is 17. The van der Waals surface area contributed by atoms with Crippen LogP contribution in [0.5, 0.6) is 0 Å². The average Bonchev–Trinajstić information content (AvgIpc) is 3.99. The Morgan fingerprint density at radius 2 is 1.02 bits per heavy atom. The number of amides is 4. The molecule has 6 rings (SSSR count). The molecule has 3 heterocycles. The number of unbranched alkanes of at least 4 members (excludes halogenated alkanes) is 1. The highest BCUT2D eigenvalue weighted by Gasteiger charge is 2.42. The van der Waals surface area contributed by atoms with Crippen molar-refractivity contribution in [2.24, 2.45) is 0 Å². The maximum Gasteiger partial charge on any atom is 0.315 e. The van der Waals surface area contributed by atoms with Crippen molar-refractivity contribution in [2.75, 3.05) is 177 Å². The summed E-state index contributed by atoms with van der Waals surface area (Å²) in [7, 11) is 0. The number of urea groups is 1. The normalized spacial score (nSPS) is 19.4. The average molecular weight is 1190 g/mol. The van der Waals surface area contributed by atoms with E-state index >= 15 is 0 Å². The Balaban J connectivity index is 0.00000689. The maximum atomic E-state index is 12.5. The van der Waals surface area contributed by atoms with E-state index in [1.165, 1.54) is 36.0 Å². The third kappa shape index (κ3) is 30.6. The van der Waals surface area contributed by atoms with Gasteiger partial charge in [-0.05, 0) is 73.9 Å². The second kappa shape index (κ2) is 44.6.